The molecule has 0 N–H and O–H groups in total. The molecule has 0 bridgehead atoms. The summed E-state index contributed by atoms with van der Waals surface area (Å²) >= 11 is 5.85. The topological polar surface area (TPSA) is 20.3 Å². The second-order valence-corrected chi connectivity index (χ2v) is 5.21. The van der Waals surface area contributed by atoms with E-state index in [1.165, 1.54) is 0 Å². The van der Waals surface area contributed by atoms with Crippen LogP contribution in [0.3, 0.4) is 0 Å². The molecule has 0 aromatic heterocycles. The third-order valence-corrected chi connectivity index (χ3v) is 3.91. The molecule has 0 radical (unpaired) electrons. The fraction of sp³-hybridized carbons (Fsp3) is 0.500. The molecule has 1 saturated heterocycles. The lowest BCUT2D eigenvalue weighted by atomic mass is 9.99. The Hall–Kier alpha value is -1.16. The SMILES string of the molecule is CCC1CCCCN1C(=O)c1cc(F)c(F)cc1Cl. The normalized spacial score (nSPS) is 19.6. The first-order valence-electron chi connectivity index (χ1n) is 6.50. The molecule has 1 fully saturated rings. The smallest absolute Gasteiger partial charge is 0.255 e. The van der Waals surface area contributed by atoms with Crippen molar-refractivity contribution in [3.63, 3.8) is 0 Å². The lowest BCUT2D eigenvalue weighted by molar-refractivity contribution is 0.0607. The Balaban J connectivity index is 2.30. The third kappa shape index (κ3) is 2.89. The molecule has 0 saturated carbocycles. The van der Waals surface area contributed by atoms with Gasteiger partial charge in [0.2, 0.25) is 0 Å². The molecule has 5 heteroatoms. The first-order chi connectivity index (χ1) is 9.04. The van der Waals surface area contributed by atoms with Gasteiger partial charge in [-0.2, -0.15) is 0 Å². The zero-order valence-electron chi connectivity index (χ0n) is 10.8. The van der Waals surface area contributed by atoms with Crippen molar-refractivity contribution < 1.29 is 13.6 Å². The second-order valence-electron chi connectivity index (χ2n) is 4.80. The maximum absolute atomic E-state index is 13.3. The van der Waals surface area contributed by atoms with Gasteiger partial charge in [-0.05, 0) is 37.8 Å². The summed E-state index contributed by atoms with van der Waals surface area (Å²) in [6.45, 7) is 2.66. The summed E-state index contributed by atoms with van der Waals surface area (Å²) in [6, 6.07) is 1.90. The molecule has 104 valence electrons. The number of carbonyl (C=O) groups is 1. The average Bonchev–Trinajstić information content (AvgIpc) is 2.42. The van der Waals surface area contributed by atoms with Crippen molar-refractivity contribution >= 4 is 17.5 Å². The Bertz CT molecular complexity index is 493. The van der Waals surface area contributed by atoms with E-state index in [0.717, 1.165) is 37.8 Å². The molecular formula is C14H16ClF2NO. The van der Waals surface area contributed by atoms with E-state index in [0.29, 0.717) is 6.54 Å². The van der Waals surface area contributed by atoms with E-state index in [4.69, 9.17) is 11.6 Å². The molecule has 0 spiro atoms. The van der Waals surface area contributed by atoms with Crippen molar-refractivity contribution in [2.75, 3.05) is 6.54 Å². The van der Waals surface area contributed by atoms with Crippen molar-refractivity contribution in [1.82, 2.24) is 4.90 Å². The van der Waals surface area contributed by atoms with E-state index in [9.17, 15) is 13.6 Å². The summed E-state index contributed by atoms with van der Waals surface area (Å²) in [7, 11) is 0. The van der Waals surface area contributed by atoms with Gasteiger partial charge in [-0.1, -0.05) is 18.5 Å². The van der Waals surface area contributed by atoms with Crippen LogP contribution in [0.4, 0.5) is 8.78 Å². The van der Waals surface area contributed by atoms with Gasteiger partial charge in [-0.25, -0.2) is 8.78 Å². The number of hydrogen-bond acceptors (Lipinski definition) is 1. The number of benzene rings is 1. The number of amides is 1. The van der Waals surface area contributed by atoms with E-state index >= 15 is 0 Å². The highest BCUT2D eigenvalue weighted by molar-refractivity contribution is 6.33. The second kappa shape index (κ2) is 5.87. The maximum atomic E-state index is 13.3. The first-order valence-corrected chi connectivity index (χ1v) is 6.88. The van der Waals surface area contributed by atoms with Crippen molar-refractivity contribution in [2.24, 2.45) is 0 Å². The van der Waals surface area contributed by atoms with Crippen LogP contribution in [0, 0.1) is 11.6 Å². The van der Waals surface area contributed by atoms with Crippen LogP contribution >= 0.6 is 11.6 Å². The number of carbonyl (C=O) groups excluding carboxylic acids is 1. The number of hydrogen-bond donors (Lipinski definition) is 0. The van der Waals surface area contributed by atoms with Crippen molar-refractivity contribution in [2.45, 2.75) is 38.6 Å². The number of halogens is 3. The zero-order valence-corrected chi connectivity index (χ0v) is 11.5. The maximum Gasteiger partial charge on any atom is 0.255 e. The largest absolute Gasteiger partial charge is 0.336 e. The number of piperidine rings is 1. The van der Waals surface area contributed by atoms with Crippen LogP contribution in [0.5, 0.6) is 0 Å². The molecule has 1 aromatic carbocycles. The summed E-state index contributed by atoms with van der Waals surface area (Å²) < 4.78 is 26.3. The molecule has 1 atom stereocenters. The van der Waals surface area contributed by atoms with Gasteiger partial charge in [0.15, 0.2) is 11.6 Å². The van der Waals surface area contributed by atoms with Gasteiger partial charge in [0, 0.05) is 12.6 Å². The monoisotopic (exact) mass is 287 g/mol. The fourth-order valence-corrected chi connectivity index (χ4v) is 2.76. The number of rotatable bonds is 2. The quantitative estimate of drug-likeness (QED) is 0.752. The van der Waals surface area contributed by atoms with Crippen molar-refractivity contribution in [1.29, 1.82) is 0 Å². The van der Waals surface area contributed by atoms with Crippen molar-refractivity contribution in [3.8, 4) is 0 Å². The van der Waals surface area contributed by atoms with Gasteiger partial charge in [0.05, 0.1) is 10.6 Å². The Morgan fingerprint density at radius 3 is 2.74 bits per heavy atom. The van der Waals surface area contributed by atoms with Crippen LogP contribution in [-0.4, -0.2) is 23.4 Å². The molecule has 0 aliphatic carbocycles. The first kappa shape index (κ1) is 14.3. The van der Waals surface area contributed by atoms with Crippen LogP contribution < -0.4 is 0 Å². The van der Waals surface area contributed by atoms with E-state index in [1.807, 2.05) is 6.92 Å². The summed E-state index contributed by atoms with van der Waals surface area (Å²) in [5.74, 6) is -2.39. The molecule has 2 nitrogen and oxygen atoms in total. The lowest BCUT2D eigenvalue weighted by Gasteiger charge is -2.35. The molecule has 2 rings (SSSR count). The summed E-state index contributed by atoms with van der Waals surface area (Å²) in [5, 5.41) is -0.0377. The van der Waals surface area contributed by atoms with Crippen molar-refractivity contribution in [3.05, 3.63) is 34.4 Å². The number of nitrogens with zero attached hydrogens (tertiary/aromatic N) is 1. The predicted molar refractivity (Wildman–Crippen MR) is 70.3 cm³/mol. The van der Waals surface area contributed by atoms with Gasteiger partial charge in [-0.15, -0.1) is 0 Å². The Morgan fingerprint density at radius 2 is 2.05 bits per heavy atom. The van der Waals surface area contributed by atoms with Gasteiger partial charge >= 0.3 is 0 Å². The van der Waals surface area contributed by atoms with Gasteiger partial charge < -0.3 is 4.90 Å². The summed E-state index contributed by atoms with van der Waals surface area (Å²) in [5.41, 5.74) is 0.0425. The zero-order chi connectivity index (χ0) is 14.0. The van der Waals surface area contributed by atoms with Crippen LogP contribution in [-0.2, 0) is 0 Å². The van der Waals surface area contributed by atoms with Crippen LogP contribution in [0.25, 0.3) is 0 Å². The van der Waals surface area contributed by atoms with Crippen LogP contribution in [0.1, 0.15) is 43.0 Å². The summed E-state index contributed by atoms with van der Waals surface area (Å²) in [4.78, 5) is 14.1. The number of likely N-dealkylation sites (tertiary alicyclic amines) is 1. The molecule has 1 aromatic rings. The average molecular weight is 288 g/mol. The standard InChI is InChI=1S/C14H16ClF2NO/c1-2-9-5-3-4-6-18(9)14(19)10-7-12(16)13(17)8-11(10)15/h7-9H,2-6H2,1H3. The molecule has 1 aliphatic rings. The van der Waals surface area contributed by atoms with E-state index in [-0.39, 0.29) is 22.5 Å². The van der Waals surface area contributed by atoms with Crippen LogP contribution in [0.2, 0.25) is 5.02 Å². The summed E-state index contributed by atoms with van der Waals surface area (Å²) in [6.07, 6.45) is 3.83. The minimum Gasteiger partial charge on any atom is -0.336 e. The van der Waals surface area contributed by atoms with E-state index < -0.39 is 11.6 Å². The molecular weight excluding hydrogens is 272 g/mol. The Morgan fingerprint density at radius 1 is 1.37 bits per heavy atom. The minimum atomic E-state index is -1.04. The molecule has 1 unspecified atom stereocenters. The van der Waals surface area contributed by atoms with Gasteiger partial charge in [0.1, 0.15) is 0 Å². The predicted octanol–water partition coefficient (Wildman–Crippen LogP) is 4.02. The fourth-order valence-electron chi connectivity index (χ4n) is 2.53. The Labute approximate surface area is 116 Å². The molecule has 19 heavy (non-hydrogen) atoms. The minimum absolute atomic E-state index is 0.0377. The molecule has 1 heterocycles. The van der Waals surface area contributed by atoms with Gasteiger partial charge in [-0.3, -0.25) is 4.79 Å². The van der Waals surface area contributed by atoms with Gasteiger partial charge in [0.25, 0.3) is 5.91 Å². The highest BCUT2D eigenvalue weighted by Gasteiger charge is 2.28. The molecule has 1 amide bonds. The Kier molecular flexibility index (Phi) is 4.40. The molecule has 1 aliphatic heterocycles. The van der Waals surface area contributed by atoms with E-state index in [1.54, 1.807) is 4.90 Å². The van der Waals surface area contributed by atoms with E-state index in [2.05, 4.69) is 0 Å². The third-order valence-electron chi connectivity index (χ3n) is 3.60. The highest BCUT2D eigenvalue weighted by atomic mass is 35.5. The highest BCUT2D eigenvalue weighted by Crippen LogP contribution is 2.26. The van der Waals surface area contributed by atoms with Crippen LogP contribution in [0.15, 0.2) is 12.1 Å². The lowest BCUT2D eigenvalue weighted by Crippen LogP contribution is -2.43.